The molecular weight excluding hydrogens is 276 g/mol. The third kappa shape index (κ3) is 3.87. The summed E-state index contributed by atoms with van der Waals surface area (Å²) < 4.78 is 5.62. The number of para-hydroxylation sites is 1. The summed E-state index contributed by atoms with van der Waals surface area (Å²) in [6, 6.07) is 7.62. The highest BCUT2D eigenvalue weighted by Gasteiger charge is 2.25. The van der Waals surface area contributed by atoms with Gasteiger partial charge in [0.25, 0.3) is 5.91 Å². The van der Waals surface area contributed by atoms with E-state index in [9.17, 15) is 4.79 Å². The number of ether oxygens (including phenoxy) is 1. The second kappa shape index (κ2) is 6.95. The molecule has 1 aliphatic rings. The minimum Gasteiger partial charge on any atom is -0.479 e. The number of rotatable bonds is 4. The number of nitrogens with one attached hydrogen (secondary N) is 2. The van der Waals surface area contributed by atoms with Crippen molar-refractivity contribution in [3.05, 3.63) is 29.3 Å². The van der Waals surface area contributed by atoms with Crippen LogP contribution in [-0.4, -0.2) is 30.6 Å². The number of carbonyl (C=O) groups is 1. The number of halogens is 1. The van der Waals surface area contributed by atoms with Crippen molar-refractivity contribution in [3.63, 3.8) is 0 Å². The molecule has 0 bridgehead atoms. The van der Waals surface area contributed by atoms with Gasteiger partial charge in [0.15, 0.2) is 6.10 Å². The molecule has 4 nitrogen and oxygen atoms in total. The van der Waals surface area contributed by atoms with Crippen LogP contribution in [0.4, 0.5) is 0 Å². The Morgan fingerprint density at radius 1 is 1.50 bits per heavy atom. The van der Waals surface area contributed by atoms with E-state index in [0.29, 0.717) is 16.8 Å². The summed E-state index contributed by atoms with van der Waals surface area (Å²) in [5.74, 6) is 0.428. The lowest BCUT2D eigenvalue weighted by atomic mass is 10.00. The predicted octanol–water partition coefficient (Wildman–Crippen LogP) is 2.36. The minimum absolute atomic E-state index is 0.106. The number of amides is 1. The molecule has 0 aromatic heterocycles. The number of hydrogen-bond acceptors (Lipinski definition) is 3. The van der Waals surface area contributed by atoms with Crippen LogP contribution in [0.1, 0.15) is 26.7 Å². The summed E-state index contributed by atoms with van der Waals surface area (Å²) in [5, 5.41) is 6.91. The van der Waals surface area contributed by atoms with E-state index in [2.05, 4.69) is 17.6 Å². The first-order chi connectivity index (χ1) is 9.58. The monoisotopic (exact) mass is 296 g/mol. The van der Waals surface area contributed by atoms with E-state index in [1.165, 1.54) is 0 Å². The zero-order chi connectivity index (χ0) is 14.5. The fourth-order valence-corrected chi connectivity index (χ4v) is 2.51. The molecule has 1 aromatic carbocycles. The van der Waals surface area contributed by atoms with Gasteiger partial charge in [-0.05, 0) is 45.4 Å². The topological polar surface area (TPSA) is 50.4 Å². The van der Waals surface area contributed by atoms with Crippen molar-refractivity contribution in [2.24, 2.45) is 0 Å². The molecule has 1 aliphatic heterocycles. The molecule has 0 aliphatic carbocycles. The van der Waals surface area contributed by atoms with E-state index in [-0.39, 0.29) is 11.9 Å². The molecule has 0 radical (unpaired) electrons. The van der Waals surface area contributed by atoms with Crippen LogP contribution in [0.5, 0.6) is 5.75 Å². The molecule has 1 heterocycles. The maximum atomic E-state index is 12.2. The smallest absolute Gasteiger partial charge is 0.261 e. The molecule has 3 atom stereocenters. The van der Waals surface area contributed by atoms with Crippen LogP contribution in [0, 0.1) is 0 Å². The van der Waals surface area contributed by atoms with Crippen molar-refractivity contribution in [2.75, 3.05) is 6.54 Å². The summed E-state index contributed by atoms with van der Waals surface area (Å²) in [4.78, 5) is 12.2. The first kappa shape index (κ1) is 15.1. The van der Waals surface area contributed by atoms with Crippen LogP contribution >= 0.6 is 11.6 Å². The van der Waals surface area contributed by atoms with Crippen LogP contribution in [-0.2, 0) is 4.79 Å². The van der Waals surface area contributed by atoms with Crippen molar-refractivity contribution in [1.29, 1.82) is 0 Å². The molecule has 2 rings (SSSR count). The SMILES string of the molecule is CC(Oc1ccccc1Cl)C(=O)NC1CCCNC1C. The first-order valence-electron chi connectivity index (χ1n) is 7.03. The molecule has 1 amide bonds. The molecule has 20 heavy (non-hydrogen) atoms. The summed E-state index contributed by atoms with van der Waals surface area (Å²) >= 11 is 6.02. The van der Waals surface area contributed by atoms with Gasteiger partial charge in [-0.15, -0.1) is 0 Å². The molecule has 110 valence electrons. The van der Waals surface area contributed by atoms with E-state index in [1.54, 1.807) is 19.1 Å². The quantitative estimate of drug-likeness (QED) is 0.897. The van der Waals surface area contributed by atoms with E-state index in [4.69, 9.17) is 16.3 Å². The second-order valence-electron chi connectivity index (χ2n) is 5.19. The molecule has 1 aromatic rings. The van der Waals surface area contributed by atoms with Crippen LogP contribution in [0.2, 0.25) is 5.02 Å². The number of hydrogen-bond donors (Lipinski definition) is 2. The highest BCUT2D eigenvalue weighted by Crippen LogP contribution is 2.24. The third-order valence-electron chi connectivity index (χ3n) is 3.60. The van der Waals surface area contributed by atoms with Gasteiger partial charge in [-0.3, -0.25) is 4.79 Å². The predicted molar refractivity (Wildman–Crippen MR) is 80.2 cm³/mol. The Kier molecular flexibility index (Phi) is 5.26. The molecule has 0 spiro atoms. The van der Waals surface area contributed by atoms with Gasteiger partial charge in [0, 0.05) is 12.1 Å². The van der Waals surface area contributed by atoms with Gasteiger partial charge in [0.05, 0.1) is 5.02 Å². The van der Waals surface area contributed by atoms with Gasteiger partial charge in [0.2, 0.25) is 0 Å². The largest absolute Gasteiger partial charge is 0.479 e. The lowest BCUT2D eigenvalue weighted by Crippen LogP contribution is -2.54. The Balaban J connectivity index is 1.90. The lowest BCUT2D eigenvalue weighted by molar-refractivity contribution is -0.128. The molecule has 1 fully saturated rings. The normalized spacial score (nSPS) is 23.9. The van der Waals surface area contributed by atoms with Crippen molar-refractivity contribution in [2.45, 2.75) is 44.9 Å². The lowest BCUT2D eigenvalue weighted by Gasteiger charge is -2.31. The van der Waals surface area contributed by atoms with Crippen LogP contribution < -0.4 is 15.4 Å². The van der Waals surface area contributed by atoms with Gasteiger partial charge >= 0.3 is 0 Å². The number of carbonyl (C=O) groups excluding carboxylic acids is 1. The van der Waals surface area contributed by atoms with E-state index in [0.717, 1.165) is 19.4 Å². The number of benzene rings is 1. The third-order valence-corrected chi connectivity index (χ3v) is 3.91. The molecule has 1 saturated heterocycles. The maximum absolute atomic E-state index is 12.2. The Hall–Kier alpha value is -1.26. The molecule has 0 saturated carbocycles. The first-order valence-corrected chi connectivity index (χ1v) is 7.40. The molecular formula is C15H21ClN2O2. The van der Waals surface area contributed by atoms with E-state index in [1.807, 2.05) is 12.1 Å². The van der Waals surface area contributed by atoms with Gasteiger partial charge in [-0.1, -0.05) is 23.7 Å². The standard InChI is InChI=1S/C15H21ClN2O2/c1-10-13(7-5-9-17-10)18-15(19)11(2)20-14-8-4-3-6-12(14)16/h3-4,6,8,10-11,13,17H,5,7,9H2,1-2H3,(H,18,19). The Morgan fingerprint density at radius 2 is 2.25 bits per heavy atom. The van der Waals surface area contributed by atoms with E-state index < -0.39 is 6.10 Å². The van der Waals surface area contributed by atoms with Gasteiger partial charge in [-0.25, -0.2) is 0 Å². The van der Waals surface area contributed by atoms with Gasteiger partial charge in [-0.2, -0.15) is 0 Å². The number of piperidine rings is 1. The van der Waals surface area contributed by atoms with Gasteiger partial charge in [0.1, 0.15) is 5.75 Å². The maximum Gasteiger partial charge on any atom is 0.261 e. The van der Waals surface area contributed by atoms with Crippen molar-refractivity contribution < 1.29 is 9.53 Å². The average Bonchev–Trinajstić information content (AvgIpc) is 2.43. The minimum atomic E-state index is -0.566. The zero-order valence-electron chi connectivity index (χ0n) is 11.9. The summed E-state index contributed by atoms with van der Waals surface area (Å²) in [6.07, 6.45) is 1.51. The van der Waals surface area contributed by atoms with Crippen LogP contribution in [0.15, 0.2) is 24.3 Å². The van der Waals surface area contributed by atoms with Crippen molar-refractivity contribution in [3.8, 4) is 5.75 Å². The Bertz CT molecular complexity index is 467. The van der Waals surface area contributed by atoms with Crippen molar-refractivity contribution >= 4 is 17.5 Å². The van der Waals surface area contributed by atoms with Crippen molar-refractivity contribution in [1.82, 2.24) is 10.6 Å². The van der Waals surface area contributed by atoms with Crippen LogP contribution in [0.3, 0.4) is 0 Å². The second-order valence-corrected chi connectivity index (χ2v) is 5.60. The van der Waals surface area contributed by atoms with Gasteiger partial charge < -0.3 is 15.4 Å². The Labute approximate surface area is 124 Å². The van der Waals surface area contributed by atoms with E-state index >= 15 is 0 Å². The fourth-order valence-electron chi connectivity index (χ4n) is 2.33. The molecule has 2 N–H and O–H groups in total. The zero-order valence-corrected chi connectivity index (χ0v) is 12.6. The Morgan fingerprint density at radius 3 is 2.95 bits per heavy atom. The molecule has 5 heteroatoms. The molecule has 3 unspecified atom stereocenters. The summed E-state index contributed by atoms with van der Waals surface area (Å²) in [7, 11) is 0. The fraction of sp³-hybridized carbons (Fsp3) is 0.533. The summed E-state index contributed by atoms with van der Waals surface area (Å²) in [6.45, 7) is 4.84. The summed E-state index contributed by atoms with van der Waals surface area (Å²) in [5.41, 5.74) is 0. The highest BCUT2D eigenvalue weighted by atomic mass is 35.5. The highest BCUT2D eigenvalue weighted by molar-refractivity contribution is 6.32. The average molecular weight is 297 g/mol. The van der Waals surface area contributed by atoms with Crippen LogP contribution in [0.25, 0.3) is 0 Å².